The predicted molar refractivity (Wildman–Crippen MR) is 104 cm³/mol. The van der Waals surface area contributed by atoms with Crippen molar-refractivity contribution >= 4 is 16.7 Å². The van der Waals surface area contributed by atoms with E-state index in [-0.39, 0.29) is 12.4 Å². The van der Waals surface area contributed by atoms with E-state index >= 15 is 0 Å². The van der Waals surface area contributed by atoms with Gasteiger partial charge in [-0.1, -0.05) is 23.4 Å². The molecule has 3 heterocycles. The first-order chi connectivity index (χ1) is 14.2. The minimum Gasteiger partial charge on any atom is -0.497 e. The van der Waals surface area contributed by atoms with Crippen LogP contribution in [0, 0.1) is 12.7 Å². The Labute approximate surface area is 164 Å². The van der Waals surface area contributed by atoms with Crippen LogP contribution in [0.15, 0.2) is 48.5 Å². The number of fused-ring (bicyclic) bond motifs is 3. The molecule has 0 unspecified atom stereocenters. The number of ether oxygens (including phenoxy) is 1. The van der Waals surface area contributed by atoms with Crippen molar-refractivity contribution in [2.75, 3.05) is 7.11 Å². The van der Waals surface area contributed by atoms with Crippen LogP contribution in [0.25, 0.3) is 28.1 Å². The van der Waals surface area contributed by atoms with E-state index in [0.717, 1.165) is 11.3 Å². The van der Waals surface area contributed by atoms with Crippen molar-refractivity contribution in [3.63, 3.8) is 0 Å². The molecular weight excluding hydrogens is 373 g/mol. The molecule has 29 heavy (non-hydrogen) atoms. The maximum Gasteiger partial charge on any atom is 0.205 e. The second kappa shape index (κ2) is 6.62. The van der Waals surface area contributed by atoms with Crippen molar-refractivity contribution in [1.29, 1.82) is 0 Å². The Kier molecular flexibility index (Phi) is 3.94. The van der Waals surface area contributed by atoms with Gasteiger partial charge in [-0.05, 0) is 37.3 Å². The first kappa shape index (κ1) is 17.2. The summed E-state index contributed by atoms with van der Waals surface area (Å²) in [6.07, 6.45) is 0. The normalized spacial score (nSPS) is 11.4. The van der Waals surface area contributed by atoms with Crippen molar-refractivity contribution in [2.45, 2.75) is 13.5 Å². The van der Waals surface area contributed by atoms with E-state index in [1.54, 1.807) is 34.5 Å². The van der Waals surface area contributed by atoms with Gasteiger partial charge in [0, 0.05) is 11.1 Å². The van der Waals surface area contributed by atoms with Crippen LogP contribution in [0.5, 0.6) is 5.75 Å². The zero-order valence-corrected chi connectivity index (χ0v) is 15.7. The number of rotatable bonds is 4. The molecule has 0 spiro atoms. The summed E-state index contributed by atoms with van der Waals surface area (Å²) in [6.45, 7) is 2.08. The third-order valence-corrected chi connectivity index (χ3v) is 4.81. The lowest BCUT2D eigenvalue weighted by molar-refractivity contribution is 0.415. The van der Waals surface area contributed by atoms with Gasteiger partial charge in [-0.3, -0.25) is 0 Å². The monoisotopic (exact) mass is 389 g/mol. The van der Waals surface area contributed by atoms with Crippen LogP contribution < -0.4 is 4.74 Å². The predicted octanol–water partition coefficient (Wildman–Crippen LogP) is 3.04. The fourth-order valence-corrected chi connectivity index (χ4v) is 3.32. The van der Waals surface area contributed by atoms with Crippen LogP contribution in [0.2, 0.25) is 0 Å². The van der Waals surface area contributed by atoms with E-state index in [4.69, 9.17) is 4.74 Å². The average molecular weight is 389 g/mol. The van der Waals surface area contributed by atoms with Gasteiger partial charge in [-0.15, -0.1) is 15.3 Å². The highest BCUT2D eigenvalue weighted by molar-refractivity contribution is 5.89. The SMILES string of the molecule is COc1ccc(-c2nnc3c4c(nnn4Cc4ccccc4F)c(C)nn23)cc1. The van der Waals surface area contributed by atoms with Gasteiger partial charge in [0.1, 0.15) is 22.6 Å². The smallest absolute Gasteiger partial charge is 0.205 e. The average Bonchev–Trinajstić information content (AvgIpc) is 3.34. The van der Waals surface area contributed by atoms with Crippen LogP contribution in [0.3, 0.4) is 0 Å². The molecule has 144 valence electrons. The topological polar surface area (TPSA) is 83.0 Å². The van der Waals surface area contributed by atoms with Gasteiger partial charge < -0.3 is 4.74 Å². The minimum atomic E-state index is -0.293. The lowest BCUT2D eigenvalue weighted by Gasteiger charge is -2.06. The molecule has 5 aromatic rings. The number of aromatic nitrogens is 7. The Morgan fingerprint density at radius 1 is 1.00 bits per heavy atom. The fraction of sp³-hybridized carbons (Fsp3) is 0.150. The fourth-order valence-electron chi connectivity index (χ4n) is 3.32. The lowest BCUT2D eigenvalue weighted by atomic mass is 10.2. The molecule has 8 nitrogen and oxygen atoms in total. The van der Waals surface area contributed by atoms with Crippen molar-refractivity contribution in [2.24, 2.45) is 0 Å². The molecule has 0 fully saturated rings. The first-order valence-corrected chi connectivity index (χ1v) is 8.99. The number of halogens is 1. The Hall–Kier alpha value is -3.88. The first-order valence-electron chi connectivity index (χ1n) is 8.99. The molecule has 3 aromatic heterocycles. The molecule has 0 bridgehead atoms. The summed E-state index contributed by atoms with van der Waals surface area (Å²) in [5.41, 5.74) is 3.83. The van der Waals surface area contributed by atoms with Crippen LogP contribution >= 0.6 is 0 Å². The maximum atomic E-state index is 14.1. The summed E-state index contributed by atoms with van der Waals surface area (Å²) in [7, 11) is 1.62. The second-order valence-electron chi connectivity index (χ2n) is 6.61. The molecule has 0 N–H and O–H groups in total. The molecule has 0 saturated heterocycles. The molecule has 0 radical (unpaired) electrons. The molecule has 0 saturated carbocycles. The Balaban J connectivity index is 1.69. The van der Waals surface area contributed by atoms with Crippen molar-refractivity contribution in [3.8, 4) is 17.1 Å². The van der Waals surface area contributed by atoms with Crippen molar-refractivity contribution in [1.82, 2.24) is 34.8 Å². The number of methoxy groups -OCH3 is 1. The maximum absolute atomic E-state index is 14.1. The molecule has 2 aromatic carbocycles. The van der Waals surface area contributed by atoms with Crippen LogP contribution in [0.1, 0.15) is 11.3 Å². The second-order valence-corrected chi connectivity index (χ2v) is 6.61. The molecule has 9 heteroatoms. The Bertz CT molecular complexity index is 1340. The third-order valence-electron chi connectivity index (χ3n) is 4.81. The van der Waals surface area contributed by atoms with Gasteiger partial charge in [0.15, 0.2) is 5.82 Å². The van der Waals surface area contributed by atoms with Gasteiger partial charge >= 0.3 is 0 Å². The zero-order valence-electron chi connectivity index (χ0n) is 15.7. The number of nitrogens with zero attached hydrogens (tertiary/aromatic N) is 7. The van der Waals surface area contributed by atoms with Gasteiger partial charge in [0.25, 0.3) is 0 Å². The zero-order chi connectivity index (χ0) is 20.0. The summed E-state index contributed by atoms with van der Waals surface area (Å²) >= 11 is 0. The lowest BCUT2D eigenvalue weighted by Crippen LogP contribution is -2.06. The summed E-state index contributed by atoms with van der Waals surface area (Å²) in [5, 5.41) is 21.7. The Morgan fingerprint density at radius 3 is 2.55 bits per heavy atom. The molecule has 0 atom stereocenters. The highest BCUT2D eigenvalue weighted by atomic mass is 19.1. The molecular formula is C20H16FN7O. The number of aryl methyl sites for hydroxylation is 1. The number of hydrogen-bond donors (Lipinski definition) is 0. The third kappa shape index (κ3) is 2.78. The minimum absolute atomic E-state index is 0.229. The number of benzene rings is 2. The summed E-state index contributed by atoms with van der Waals surface area (Å²) in [5.74, 6) is 1.05. The van der Waals surface area contributed by atoms with E-state index in [0.29, 0.717) is 33.8 Å². The van der Waals surface area contributed by atoms with Gasteiger partial charge in [-0.2, -0.15) is 9.61 Å². The molecule has 0 aliphatic carbocycles. The van der Waals surface area contributed by atoms with Crippen molar-refractivity contribution in [3.05, 3.63) is 65.6 Å². The Morgan fingerprint density at radius 2 is 1.79 bits per heavy atom. The highest BCUT2D eigenvalue weighted by Crippen LogP contribution is 2.25. The highest BCUT2D eigenvalue weighted by Gasteiger charge is 2.19. The van der Waals surface area contributed by atoms with Crippen LogP contribution in [-0.2, 0) is 6.54 Å². The van der Waals surface area contributed by atoms with Crippen molar-refractivity contribution < 1.29 is 9.13 Å². The van der Waals surface area contributed by atoms with E-state index in [9.17, 15) is 4.39 Å². The molecule has 0 aliphatic heterocycles. The standard InChI is InChI=1S/C20H16FN7O/c1-12-17-18(27(26-22-17)11-14-5-3-4-6-16(14)21)20-24-23-19(28(20)25-12)13-7-9-15(29-2)10-8-13/h3-10H,11H2,1-2H3. The quantitative estimate of drug-likeness (QED) is 0.470. The van der Waals surface area contributed by atoms with Gasteiger partial charge in [-0.25, -0.2) is 9.07 Å². The largest absolute Gasteiger partial charge is 0.497 e. The van der Waals surface area contributed by atoms with E-state index in [1.165, 1.54) is 6.07 Å². The van der Waals surface area contributed by atoms with Crippen LogP contribution in [0.4, 0.5) is 4.39 Å². The van der Waals surface area contributed by atoms with Crippen LogP contribution in [-0.4, -0.2) is 41.9 Å². The molecule has 5 rings (SSSR count). The van der Waals surface area contributed by atoms with E-state index < -0.39 is 0 Å². The molecule has 0 amide bonds. The van der Waals surface area contributed by atoms with Gasteiger partial charge in [0.05, 0.1) is 19.3 Å². The summed E-state index contributed by atoms with van der Waals surface area (Å²) in [6, 6.07) is 14.1. The summed E-state index contributed by atoms with van der Waals surface area (Å²) in [4.78, 5) is 0. The van der Waals surface area contributed by atoms with Gasteiger partial charge in [0.2, 0.25) is 5.65 Å². The summed E-state index contributed by atoms with van der Waals surface area (Å²) < 4.78 is 22.7. The number of hydrogen-bond acceptors (Lipinski definition) is 6. The van der Waals surface area contributed by atoms with E-state index in [1.807, 2.05) is 31.2 Å². The van der Waals surface area contributed by atoms with E-state index in [2.05, 4.69) is 25.6 Å². The molecule has 0 aliphatic rings.